The van der Waals surface area contributed by atoms with Crippen LogP contribution < -0.4 is 19.6 Å². The number of benzene rings is 4. The van der Waals surface area contributed by atoms with Crippen molar-refractivity contribution in [1.29, 1.82) is 0 Å². The standard InChI is InChI=1S/C39H34Cl2N4O3S/c1-5-43(6-2)38(47)34-23(3)42-39-45(36(34)35-29-13-8-7-11-24(29)16-18-32(35)48-4)37(46)33(49-39)19-26-22-44(31-14-10-9-12-28(26)31)21-25-15-17-27(40)20-30(25)41/h7-20,22,36H,5-6,21H2,1-4H3/b33-19+/t36-/m0/s1. The highest BCUT2D eigenvalue weighted by Gasteiger charge is 2.36. The molecule has 1 aliphatic heterocycles. The Kier molecular flexibility index (Phi) is 8.96. The maximum absolute atomic E-state index is 14.7. The van der Waals surface area contributed by atoms with Crippen LogP contribution in [0.1, 0.15) is 43.5 Å². The number of allylic oxidation sites excluding steroid dienone is 1. The third-order valence-electron chi connectivity index (χ3n) is 9.19. The van der Waals surface area contributed by atoms with E-state index in [1.807, 2.05) is 99.8 Å². The fourth-order valence-electron chi connectivity index (χ4n) is 6.78. The van der Waals surface area contributed by atoms with Gasteiger partial charge in [0.1, 0.15) is 11.8 Å². The van der Waals surface area contributed by atoms with Crippen LogP contribution in [0.25, 0.3) is 27.8 Å². The van der Waals surface area contributed by atoms with Crippen LogP contribution in [-0.2, 0) is 11.3 Å². The Labute approximate surface area is 297 Å². The minimum Gasteiger partial charge on any atom is -0.496 e. The fourth-order valence-corrected chi connectivity index (χ4v) is 8.29. The number of carbonyl (C=O) groups is 1. The van der Waals surface area contributed by atoms with E-state index in [1.165, 1.54) is 11.3 Å². The SMILES string of the molecule is CCN(CC)C(=O)C1=C(C)N=c2s/c(=C/c3cn(Cc4ccc(Cl)cc4Cl)c4ccccc34)c(=O)n2[C@@H]1c1c(OC)ccc2ccccc12. The molecule has 2 aromatic heterocycles. The summed E-state index contributed by atoms with van der Waals surface area (Å²) in [4.78, 5) is 36.2. The summed E-state index contributed by atoms with van der Waals surface area (Å²) in [7, 11) is 1.62. The number of para-hydroxylation sites is 1. The van der Waals surface area contributed by atoms with E-state index in [0.29, 0.717) is 56.0 Å². The Morgan fingerprint density at radius 3 is 2.47 bits per heavy atom. The zero-order valence-corrected chi connectivity index (χ0v) is 29.9. The van der Waals surface area contributed by atoms with Gasteiger partial charge in [0, 0.05) is 57.9 Å². The van der Waals surface area contributed by atoms with E-state index >= 15 is 0 Å². The van der Waals surface area contributed by atoms with Crippen molar-refractivity contribution in [3.05, 3.63) is 143 Å². The molecular formula is C39H34Cl2N4O3S. The van der Waals surface area contributed by atoms with Gasteiger partial charge in [0.2, 0.25) is 0 Å². The van der Waals surface area contributed by atoms with Crippen molar-refractivity contribution in [3.63, 3.8) is 0 Å². The van der Waals surface area contributed by atoms with Crippen LogP contribution in [0.2, 0.25) is 10.0 Å². The molecule has 0 radical (unpaired) electrons. The van der Waals surface area contributed by atoms with Crippen LogP contribution in [0.15, 0.2) is 106 Å². The molecule has 6 aromatic rings. The highest BCUT2D eigenvalue weighted by Crippen LogP contribution is 2.40. The summed E-state index contributed by atoms with van der Waals surface area (Å²) in [5.74, 6) is 0.450. The Morgan fingerprint density at radius 1 is 1.00 bits per heavy atom. The molecule has 0 saturated heterocycles. The van der Waals surface area contributed by atoms with Gasteiger partial charge in [0.25, 0.3) is 11.5 Å². The van der Waals surface area contributed by atoms with E-state index in [-0.39, 0.29) is 11.5 Å². The van der Waals surface area contributed by atoms with E-state index in [0.717, 1.165) is 38.4 Å². The van der Waals surface area contributed by atoms with E-state index in [4.69, 9.17) is 32.9 Å². The summed E-state index contributed by atoms with van der Waals surface area (Å²) < 4.78 is 10.3. The first kappa shape index (κ1) is 32.9. The molecule has 1 amide bonds. The predicted octanol–water partition coefficient (Wildman–Crippen LogP) is 7.58. The van der Waals surface area contributed by atoms with E-state index in [1.54, 1.807) is 22.6 Å². The molecule has 0 unspecified atom stereocenters. The number of amides is 1. The zero-order valence-electron chi connectivity index (χ0n) is 27.5. The largest absolute Gasteiger partial charge is 0.496 e. The normalized spacial score (nSPS) is 14.7. The van der Waals surface area contributed by atoms with E-state index in [9.17, 15) is 9.59 Å². The first-order valence-electron chi connectivity index (χ1n) is 16.1. The lowest BCUT2D eigenvalue weighted by Crippen LogP contribution is -2.43. The number of methoxy groups -OCH3 is 1. The van der Waals surface area contributed by atoms with Crippen molar-refractivity contribution >= 4 is 68.2 Å². The quantitative estimate of drug-likeness (QED) is 0.164. The van der Waals surface area contributed by atoms with Gasteiger partial charge in [-0.3, -0.25) is 14.2 Å². The topological polar surface area (TPSA) is 68.8 Å². The summed E-state index contributed by atoms with van der Waals surface area (Å²) >= 11 is 14.0. The summed E-state index contributed by atoms with van der Waals surface area (Å²) in [5, 5.41) is 4.07. The average molecular weight is 710 g/mol. The Bertz CT molecular complexity index is 2490. The third kappa shape index (κ3) is 5.78. The summed E-state index contributed by atoms with van der Waals surface area (Å²) in [6.45, 7) is 7.35. The molecule has 1 atom stereocenters. The van der Waals surface area contributed by atoms with Crippen LogP contribution >= 0.6 is 34.5 Å². The molecule has 0 saturated carbocycles. The smallest absolute Gasteiger partial charge is 0.271 e. The first-order chi connectivity index (χ1) is 23.7. The van der Waals surface area contributed by atoms with Crippen molar-refractivity contribution in [2.45, 2.75) is 33.4 Å². The molecule has 3 heterocycles. The highest BCUT2D eigenvalue weighted by molar-refractivity contribution is 7.07. The summed E-state index contributed by atoms with van der Waals surface area (Å²) in [6, 6.07) is 24.7. The molecule has 10 heteroatoms. The number of hydrogen-bond donors (Lipinski definition) is 0. The summed E-state index contributed by atoms with van der Waals surface area (Å²) in [6.07, 6.45) is 3.97. The molecule has 0 bridgehead atoms. The number of fused-ring (bicyclic) bond motifs is 3. The zero-order chi connectivity index (χ0) is 34.4. The minimum absolute atomic E-state index is 0.149. The number of ether oxygens (including phenoxy) is 1. The second kappa shape index (κ2) is 13.3. The van der Waals surface area contributed by atoms with Gasteiger partial charge >= 0.3 is 0 Å². The second-order valence-electron chi connectivity index (χ2n) is 11.9. The average Bonchev–Trinajstić information content (AvgIpc) is 3.61. The van der Waals surface area contributed by atoms with Crippen LogP contribution in [-0.4, -0.2) is 40.1 Å². The van der Waals surface area contributed by atoms with Gasteiger partial charge < -0.3 is 14.2 Å². The lowest BCUT2D eigenvalue weighted by molar-refractivity contribution is -0.127. The van der Waals surface area contributed by atoms with Crippen LogP contribution in [0.4, 0.5) is 0 Å². The lowest BCUT2D eigenvalue weighted by Gasteiger charge is -2.30. The molecule has 4 aromatic carbocycles. The van der Waals surface area contributed by atoms with Gasteiger partial charge in [-0.2, -0.15) is 0 Å². The molecular weight excluding hydrogens is 675 g/mol. The van der Waals surface area contributed by atoms with Crippen LogP contribution in [0, 0.1) is 0 Å². The monoisotopic (exact) mass is 708 g/mol. The Balaban J connectivity index is 1.45. The molecule has 248 valence electrons. The second-order valence-corrected chi connectivity index (χ2v) is 13.8. The number of nitrogens with zero attached hydrogens (tertiary/aromatic N) is 4. The number of rotatable bonds is 8. The van der Waals surface area contributed by atoms with Gasteiger partial charge in [-0.15, -0.1) is 0 Å². The third-order valence-corrected chi connectivity index (χ3v) is 10.8. The number of carbonyl (C=O) groups excluding carboxylic acids is 1. The van der Waals surface area contributed by atoms with Crippen molar-refractivity contribution < 1.29 is 9.53 Å². The molecule has 49 heavy (non-hydrogen) atoms. The van der Waals surface area contributed by atoms with Gasteiger partial charge in [-0.1, -0.05) is 89.1 Å². The molecule has 0 aliphatic carbocycles. The number of thiazole rings is 1. The van der Waals surface area contributed by atoms with E-state index in [2.05, 4.69) is 10.6 Å². The van der Waals surface area contributed by atoms with Crippen molar-refractivity contribution in [2.24, 2.45) is 4.99 Å². The van der Waals surface area contributed by atoms with Gasteiger partial charge in [-0.25, -0.2) is 4.99 Å². The molecule has 0 N–H and O–H groups in total. The predicted molar refractivity (Wildman–Crippen MR) is 200 cm³/mol. The van der Waals surface area contributed by atoms with Crippen molar-refractivity contribution in [2.75, 3.05) is 20.2 Å². The number of hydrogen-bond acceptors (Lipinski definition) is 5. The fraction of sp³-hybridized carbons (Fsp3) is 0.205. The maximum Gasteiger partial charge on any atom is 0.271 e. The van der Waals surface area contributed by atoms with Gasteiger partial charge in [0.05, 0.1) is 22.9 Å². The maximum atomic E-state index is 14.7. The Morgan fingerprint density at radius 2 is 1.73 bits per heavy atom. The number of aromatic nitrogens is 2. The minimum atomic E-state index is -0.749. The van der Waals surface area contributed by atoms with Crippen molar-refractivity contribution in [1.82, 2.24) is 14.0 Å². The summed E-state index contributed by atoms with van der Waals surface area (Å²) in [5.41, 5.74) is 4.42. The Hall–Kier alpha value is -4.63. The number of likely N-dealkylation sites (N-methyl/N-ethyl adjacent to an activating group) is 1. The van der Waals surface area contributed by atoms with Gasteiger partial charge in [0.15, 0.2) is 4.80 Å². The van der Waals surface area contributed by atoms with Crippen LogP contribution in [0.5, 0.6) is 5.75 Å². The molecule has 1 aliphatic rings. The number of halogens is 2. The molecule has 7 rings (SSSR count). The van der Waals surface area contributed by atoms with E-state index < -0.39 is 6.04 Å². The van der Waals surface area contributed by atoms with Crippen molar-refractivity contribution in [3.8, 4) is 5.75 Å². The lowest BCUT2D eigenvalue weighted by atomic mass is 9.90. The molecule has 7 nitrogen and oxygen atoms in total. The highest BCUT2D eigenvalue weighted by atomic mass is 35.5. The molecule has 0 fully saturated rings. The molecule has 0 spiro atoms. The first-order valence-corrected chi connectivity index (χ1v) is 17.7. The van der Waals surface area contributed by atoms with Crippen LogP contribution in [0.3, 0.4) is 0 Å². The van der Waals surface area contributed by atoms with Gasteiger partial charge in [-0.05, 0) is 67.4 Å².